The van der Waals surface area contributed by atoms with Crippen LogP contribution in [-0.2, 0) is 0 Å². The number of nitrogens with zero attached hydrogens (tertiary/aromatic N) is 1. The maximum atomic E-state index is 5.63. The van der Waals surface area contributed by atoms with Gasteiger partial charge in [-0.05, 0) is 58.7 Å². The van der Waals surface area contributed by atoms with E-state index in [9.17, 15) is 0 Å². The molecule has 0 radical (unpaired) electrons. The second-order valence-electron chi connectivity index (χ2n) is 4.66. The average Bonchev–Trinajstić information content (AvgIpc) is 2.49. The molecule has 0 fully saturated rings. The van der Waals surface area contributed by atoms with Crippen LogP contribution >= 0.6 is 46.0 Å². The number of rotatable bonds is 2. The van der Waals surface area contributed by atoms with Crippen molar-refractivity contribution >= 4 is 66.0 Å². The van der Waals surface area contributed by atoms with Gasteiger partial charge in [-0.3, -0.25) is 4.90 Å². The largest absolute Gasteiger partial charge is 0.384 e. The summed E-state index contributed by atoms with van der Waals surface area (Å²) >= 11 is 10.6. The second-order valence-corrected chi connectivity index (χ2v) is 8.16. The average molecular weight is 365 g/mol. The summed E-state index contributed by atoms with van der Waals surface area (Å²) in [5.74, 6) is 0. The molecule has 0 aliphatic carbocycles. The quantitative estimate of drug-likeness (QED) is 0.570. The van der Waals surface area contributed by atoms with Crippen LogP contribution in [0.25, 0.3) is 0 Å². The maximum Gasteiger partial charge on any atom is 0.156 e. The van der Waals surface area contributed by atoms with Gasteiger partial charge in [0.2, 0.25) is 0 Å². The second kappa shape index (κ2) is 7.97. The monoisotopic (exact) mass is 364 g/mol. The zero-order valence-corrected chi connectivity index (χ0v) is 15.5. The highest BCUT2D eigenvalue weighted by molar-refractivity contribution is 8.89. The van der Waals surface area contributed by atoms with Crippen molar-refractivity contribution in [3.05, 3.63) is 59.7 Å². The molecule has 2 aromatic rings. The third kappa shape index (κ3) is 4.23. The summed E-state index contributed by atoms with van der Waals surface area (Å²) in [7, 11) is 2.72. The van der Waals surface area contributed by atoms with Gasteiger partial charge in [0.15, 0.2) is 4.32 Å². The zero-order chi connectivity index (χ0) is 16.1. The molecular weight excluding hydrogens is 348 g/mol. The summed E-state index contributed by atoms with van der Waals surface area (Å²) in [6.07, 6.45) is 0. The number of aryl methyl sites for hydroxylation is 2. The smallest absolute Gasteiger partial charge is 0.156 e. The molecule has 0 amide bonds. The van der Waals surface area contributed by atoms with E-state index in [1.165, 1.54) is 21.6 Å². The van der Waals surface area contributed by atoms with Crippen molar-refractivity contribution in [2.24, 2.45) is 5.73 Å². The van der Waals surface area contributed by atoms with Gasteiger partial charge in [-0.2, -0.15) is 0 Å². The van der Waals surface area contributed by atoms with E-state index in [-0.39, 0.29) is 0 Å². The molecule has 0 spiro atoms. The van der Waals surface area contributed by atoms with Crippen LogP contribution in [0.4, 0.5) is 11.4 Å². The first-order valence-electron chi connectivity index (χ1n) is 6.60. The molecule has 0 aromatic heterocycles. The van der Waals surface area contributed by atoms with Crippen LogP contribution in [0.2, 0.25) is 0 Å². The molecule has 0 saturated carbocycles. The van der Waals surface area contributed by atoms with Gasteiger partial charge >= 0.3 is 0 Å². The summed E-state index contributed by atoms with van der Waals surface area (Å²) in [6.45, 7) is 4.16. The zero-order valence-electron chi connectivity index (χ0n) is 12.3. The SMILES string of the molecule is Cc1ccccc1N(C(=S)SSC(N)=S)c1ccccc1C. The van der Waals surface area contributed by atoms with Crippen LogP contribution in [0.5, 0.6) is 0 Å². The van der Waals surface area contributed by atoms with Crippen molar-refractivity contribution in [3.8, 4) is 0 Å². The van der Waals surface area contributed by atoms with Crippen molar-refractivity contribution in [3.63, 3.8) is 0 Å². The van der Waals surface area contributed by atoms with E-state index in [2.05, 4.69) is 43.0 Å². The minimum atomic E-state index is 0.377. The predicted octanol–water partition coefficient (Wildman–Crippen LogP) is 5.35. The molecule has 2 nitrogen and oxygen atoms in total. The molecule has 0 unspecified atom stereocenters. The molecule has 2 aromatic carbocycles. The lowest BCUT2D eigenvalue weighted by molar-refractivity contribution is 1.29. The van der Waals surface area contributed by atoms with E-state index in [1.807, 2.05) is 24.3 Å². The lowest BCUT2D eigenvalue weighted by Crippen LogP contribution is -2.22. The van der Waals surface area contributed by atoms with Crippen LogP contribution in [0, 0.1) is 13.8 Å². The summed E-state index contributed by atoms with van der Waals surface area (Å²) in [5.41, 5.74) is 10.0. The molecule has 22 heavy (non-hydrogen) atoms. The van der Waals surface area contributed by atoms with Gasteiger partial charge in [-0.1, -0.05) is 60.8 Å². The van der Waals surface area contributed by atoms with Gasteiger partial charge in [0.25, 0.3) is 0 Å². The van der Waals surface area contributed by atoms with E-state index in [4.69, 9.17) is 30.2 Å². The van der Waals surface area contributed by atoms with Gasteiger partial charge in [0, 0.05) is 0 Å². The Balaban J connectivity index is 2.46. The Kier molecular flexibility index (Phi) is 6.26. The van der Waals surface area contributed by atoms with Crippen LogP contribution in [0.3, 0.4) is 0 Å². The Morgan fingerprint density at radius 2 is 1.32 bits per heavy atom. The molecule has 114 valence electrons. The Labute approximate surface area is 149 Å². The number of hydrogen-bond donors (Lipinski definition) is 1. The van der Waals surface area contributed by atoms with E-state index < -0.39 is 0 Å². The first-order chi connectivity index (χ1) is 10.5. The summed E-state index contributed by atoms with van der Waals surface area (Å²) in [5, 5.41) is 0. The summed E-state index contributed by atoms with van der Waals surface area (Å²) in [4.78, 5) is 2.08. The molecule has 2 N–H and O–H groups in total. The van der Waals surface area contributed by atoms with E-state index >= 15 is 0 Å². The minimum Gasteiger partial charge on any atom is -0.384 e. The third-order valence-corrected chi connectivity index (χ3v) is 6.24. The molecule has 0 atom stereocenters. The third-order valence-electron chi connectivity index (χ3n) is 3.09. The number of nitrogens with two attached hydrogens (primary N) is 1. The van der Waals surface area contributed by atoms with Crippen molar-refractivity contribution in [2.75, 3.05) is 4.90 Å². The van der Waals surface area contributed by atoms with Gasteiger partial charge < -0.3 is 5.73 Å². The first-order valence-corrected chi connectivity index (χ1v) is 9.56. The molecule has 0 aliphatic heterocycles. The summed E-state index contributed by atoms with van der Waals surface area (Å²) < 4.78 is 1.09. The molecule has 2 rings (SSSR count). The van der Waals surface area contributed by atoms with E-state index in [0.29, 0.717) is 8.64 Å². The maximum absolute atomic E-state index is 5.63. The number of para-hydroxylation sites is 2. The Bertz CT molecular complexity index is 655. The number of thiocarbonyl (C=S) groups is 2. The Morgan fingerprint density at radius 3 is 1.73 bits per heavy atom. The van der Waals surface area contributed by atoms with Crippen LogP contribution in [0.1, 0.15) is 11.1 Å². The minimum absolute atomic E-state index is 0.377. The van der Waals surface area contributed by atoms with Crippen LogP contribution < -0.4 is 10.6 Å². The Hall–Kier alpha value is -1.08. The molecule has 0 heterocycles. The van der Waals surface area contributed by atoms with E-state index in [1.54, 1.807) is 0 Å². The highest BCUT2D eigenvalue weighted by atomic mass is 33.1. The van der Waals surface area contributed by atoms with E-state index in [0.717, 1.165) is 22.5 Å². The topological polar surface area (TPSA) is 29.3 Å². The molecular formula is C16H16N2S4. The standard InChI is InChI=1S/C16H16N2S4/c1-11-7-3-5-9-13(11)18(16(20)22-21-15(17)19)14-10-6-4-8-12(14)2/h3-10H,1-2H3,(H2,17,19). The fraction of sp³-hybridized carbons (Fsp3) is 0.125. The Morgan fingerprint density at radius 1 is 0.864 bits per heavy atom. The lowest BCUT2D eigenvalue weighted by atomic mass is 10.1. The number of anilines is 2. The highest BCUT2D eigenvalue weighted by Crippen LogP contribution is 2.36. The number of hydrogen-bond acceptors (Lipinski definition) is 4. The van der Waals surface area contributed by atoms with Gasteiger partial charge in [-0.15, -0.1) is 0 Å². The fourth-order valence-electron chi connectivity index (χ4n) is 2.07. The lowest BCUT2D eigenvalue weighted by Gasteiger charge is -2.27. The van der Waals surface area contributed by atoms with Gasteiger partial charge in [0.1, 0.15) is 4.32 Å². The van der Waals surface area contributed by atoms with Crippen LogP contribution in [-0.4, -0.2) is 8.64 Å². The predicted molar refractivity (Wildman–Crippen MR) is 109 cm³/mol. The van der Waals surface area contributed by atoms with Gasteiger partial charge in [-0.25, -0.2) is 0 Å². The van der Waals surface area contributed by atoms with Crippen molar-refractivity contribution in [1.29, 1.82) is 0 Å². The number of benzene rings is 2. The molecule has 0 bridgehead atoms. The van der Waals surface area contributed by atoms with Crippen LogP contribution in [0.15, 0.2) is 48.5 Å². The highest BCUT2D eigenvalue weighted by Gasteiger charge is 2.19. The normalized spacial score (nSPS) is 10.3. The fourth-order valence-corrected chi connectivity index (χ4v) is 3.99. The summed E-state index contributed by atoms with van der Waals surface area (Å²) in [6, 6.07) is 16.4. The molecule has 0 aliphatic rings. The van der Waals surface area contributed by atoms with Crippen molar-refractivity contribution in [2.45, 2.75) is 13.8 Å². The van der Waals surface area contributed by atoms with Crippen molar-refractivity contribution < 1.29 is 0 Å². The first kappa shape index (κ1) is 17.3. The van der Waals surface area contributed by atoms with Crippen molar-refractivity contribution in [1.82, 2.24) is 0 Å². The van der Waals surface area contributed by atoms with Gasteiger partial charge in [0.05, 0.1) is 11.4 Å². The molecule has 0 saturated heterocycles. The molecule has 6 heteroatoms.